The smallest absolute Gasteiger partial charge is 0.121 e. The third-order valence-electron chi connectivity index (χ3n) is 2.10. The summed E-state index contributed by atoms with van der Waals surface area (Å²) in [5.74, 6) is 0.158. The van der Waals surface area contributed by atoms with Gasteiger partial charge < -0.3 is 10.2 Å². The van der Waals surface area contributed by atoms with Gasteiger partial charge in [-0.15, -0.1) is 0 Å². The Morgan fingerprint density at radius 1 is 1.36 bits per heavy atom. The molecular formula is C12H16O2. The third kappa shape index (κ3) is 2.60. The van der Waals surface area contributed by atoms with Crippen molar-refractivity contribution in [3.63, 3.8) is 0 Å². The maximum atomic E-state index is 9.45. The van der Waals surface area contributed by atoms with Crippen molar-refractivity contribution < 1.29 is 10.2 Å². The first-order valence-corrected chi connectivity index (χ1v) is 4.87. The topological polar surface area (TPSA) is 40.5 Å². The van der Waals surface area contributed by atoms with Gasteiger partial charge in [0.2, 0.25) is 0 Å². The molecule has 1 aromatic carbocycles. The van der Waals surface area contributed by atoms with E-state index in [1.807, 2.05) is 18.2 Å². The lowest BCUT2D eigenvalue weighted by Crippen LogP contribution is -1.88. The summed E-state index contributed by atoms with van der Waals surface area (Å²) in [6.45, 7) is 1.98. The van der Waals surface area contributed by atoms with Crippen LogP contribution in [0.3, 0.4) is 0 Å². The van der Waals surface area contributed by atoms with E-state index >= 15 is 0 Å². The number of phenols is 1. The molecule has 0 atom stereocenters. The fourth-order valence-electron chi connectivity index (χ4n) is 1.30. The molecule has 0 fully saturated rings. The van der Waals surface area contributed by atoms with E-state index in [0.717, 1.165) is 18.4 Å². The molecule has 0 amide bonds. The Bertz CT molecular complexity index is 316. The SMILES string of the molecule is CCCC=Cc1cccc(O)c1CO. The number of rotatable bonds is 4. The summed E-state index contributed by atoms with van der Waals surface area (Å²) >= 11 is 0. The molecule has 0 unspecified atom stereocenters. The molecule has 0 radical (unpaired) electrons. The molecule has 0 spiro atoms. The van der Waals surface area contributed by atoms with E-state index in [2.05, 4.69) is 6.92 Å². The monoisotopic (exact) mass is 192 g/mol. The summed E-state index contributed by atoms with van der Waals surface area (Å²) < 4.78 is 0. The standard InChI is InChI=1S/C12H16O2/c1-2-3-4-6-10-7-5-8-12(14)11(10)9-13/h4-8,13-14H,2-3,9H2,1H3. The van der Waals surface area contributed by atoms with Crippen LogP contribution in [0.5, 0.6) is 5.75 Å². The van der Waals surface area contributed by atoms with Crippen LogP contribution in [0.1, 0.15) is 30.9 Å². The first kappa shape index (κ1) is 10.8. The number of benzene rings is 1. The van der Waals surface area contributed by atoms with E-state index in [4.69, 9.17) is 5.11 Å². The van der Waals surface area contributed by atoms with Crippen molar-refractivity contribution in [2.75, 3.05) is 0 Å². The second-order valence-corrected chi connectivity index (χ2v) is 3.19. The second kappa shape index (κ2) is 5.45. The van der Waals surface area contributed by atoms with Crippen molar-refractivity contribution in [2.24, 2.45) is 0 Å². The highest BCUT2D eigenvalue weighted by Crippen LogP contribution is 2.22. The van der Waals surface area contributed by atoms with Gasteiger partial charge in [-0.05, 0) is 18.1 Å². The zero-order chi connectivity index (χ0) is 10.4. The van der Waals surface area contributed by atoms with E-state index in [0.29, 0.717) is 5.56 Å². The Balaban J connectivity index is 2.90. The van der Waals surface area contributed by atoms with E-state index in [9.17, 15) is 5.11 Å². The fourth-order valence-corrected chi connectivity index (χ4v) is 1.30. The summed E-state index contributed by atoms with van der Waals surface area (Å²) in [6, 6.07) is 5.25. The van der Waals surface area contributed by atoms with Crippen LogP contribution < -0.4 is 0 Å². The molecule has 0 saturated heterocycles. The van der Waals surface area contributed by atoms with Gasteiger partial charge in [0.15, 0.2) is 0 Å². The Kier molecular flexibility index (Phi) is 4.20. The summed E-state index contributed by atoms with van der Waals surface area (Å²) in [4.78, 5) is 0. The maximum absolute atomic E-state index is 9.45. The molecule has 2 nitrogen and oxygen atoms in total. The number of aliphatic hydroxyl groups is 1. The van der Waals surface area contributed by atoms with Gasteiger partial charge in [-0.1, -0.05) is 37.6 Å². The van der Waals surface area contributed by atoms with Crippen LogP contribution in [0.25, 0.3) is 6.08 Å². The average molecular weight is 192 g/mol. The molecule has 14 heavy (non-hydrogen) atoms. The summed E-state index contributed by atoms with van der Waals surface area (Å²) in [5, 5.41) is 18.5. The highest BCUT2D eigenvalue weighted by atomic mass is 16.3. The molecule has 0 aliphatic carbocycles. The van der Waals surface area contributed by atoms with Gasteiger partial charge in [-0.25, -0.2) is 0 Å². The molecule has 76 valence electrons. The molecule has 0 bridgehead atoms. The van der Waals surface area contributed by atoms with Gasteiger partial charge >= 0.3 is 0 Å². The second-order valence-electron chi connectivity index (χ2n) is 3.19. The lowest BCUT2D eigenvalue weighted by Gasteiger charge is -2.04. The fraction of sp³-hybridized carbons (Fsp3) is 0.333. The predicted molar refractivity (Wildman–Crippen MR) is 58.0 cm³/mol. The quantitative estimate of drug-likeness (QED) is 0.770. The van der Waals surface area contributed by atoms with Crippen LogP contribution >= 0.6 is 0 Å². The number of hydrogen-bond acceptors (Lipinski definition) is 2. The summed E-state index contributed by atoms with van der Waals surface area (Å²) in [7, 11) is 0. The molecule has 2 N–H and O–H groups in total. The minimum atomic E-state index is -0.127. The first-order valence-electron chi connectivity index (χ1n) is 4.87. The summed E-state index contributed by atoms with van der Waals surface area (Å²) in [5.41, 5.74) is 1.49. The number of aliphatic hydroxyl groups excluding tert-OH is 1. The normalized spacial score (nSPS) is 11.0. The van der Waals surface area contributed by atoms with Gasteiger partial charge in [0, 0.05) is 5.56 Å². The van der Waals surface area contributed by atoms with Crippen LogP contribution in [0, 0.1) is 0 Å². The molecule has 0 aliphatic rings. The van der Waals surface area contributed by atoms with Crippen LogP contribution in [-0.2, 0) is 6.61 Å². The van der Waals surface area contributed by atoms with E-state index in [1.54, 1.807) is 12.1 Å². The van der Waals surface area contributed by atoms with E-state index in [1.165, 1.54) is 0 Å². The van der Waals surface area contributed by atoms with Crippen molar-refractivity contribution >= 4 is 6.08 Å². The minimum Gasteiger partial charge on any atom is -0.508 e. The van der Waals surface area contributed by atoms with E-state index in [-0.39, 0.29) is 12.4 Å². The van der Waals surface area contributed by atoms with Crippen LogP contribution in [-0.4, -0.2) is 10.2 Å². The van der Waals surface area contributed by atoms with E-state index < -0.39 is 0 Å². The average Bonchev–Trinajstić information content (AvgIpc) is 2.18. The lowest BCUT2D eigenvalue weighted by atomic mass is 10.1. The zero-order valence-electron chi connectivity index (χ0n) is 8.40. The van der Waals surface area contributed by atoms with Crippen LogP contribution in [0.2, 0.25) is 0 Å². The number of unbranched alkanes of at least 4 members (excludes halogenated alkanes) is 1. The maximum Gasteiger partial charge on any atom is 0.121 e. The third-order valence-corrected chi connectivity index (χ3v) is 2.10. The van der Waals surface area contributed by atoms with Crippen molar-refractivity contribution in [1.82, 2.24) is 0 Å². The largest absolute Gasteiger partial charge is 0.508 e. The van der Waals surface area contributed by atoms with Crippen molar-refractivity contribution in [1.29, 1.82) is 0 Å². The minimum absolute atomic E-state index is 0.127. The highest BCUT2D eigenvalue weighted by Gasteiger charge is 2.02. The molecule has 0 saturated carbocycles. The lowest BCUT2D eigenvalue weighted by molar-refractivity contribution is 0.275. The first-order chi connectivity index (χ1) is 6.79. The van der Waals surface area contributed by atoms with Gasteiger partial charge in [0.1, 0.15) is 5.75 Å². The molecule has 0 aliphatic heterocycles. The van der Waals surface area contributed by atoms with Gasteiger partial charge in [-0.2, -0.15) is 0 Å². The Morgan fingerprint density at radius 3 is 2.79 bits per heavy atom. The highest BCUT2D eigenvalue weighted by molar-refractivity contribution is 5.57. The molecule has 1 rings (SSSR count). The molecular weight excluding hydrogens is 176 g/mol. The van der Waals surface area contributed by atoms with Gasteiger partial charge in [0.25, 0.3) is 0 Å². The zero-order valence-corrected chi connectivity index (χ0v) is 8.40. The molecule has 2 heteroatoms. The van der Waals surface area contributed by atoms with Crippen molar-refractivity contribution in [3.8, 4) is 5.75 Å². The number of hydrogen-bond donors (Lipinski definition) is 2. The Morgan fingerprint density at radius 2 is 2.14 bits per heavy atom. The van der Waals surface area contributed by atoms with Crippen LogP contribution in [0.15, 0.2) is 24.3 Å². The molecule has 1 aromatic rings. The van der Waals surface area contributed by atoms with Gasteiger partial charge in [-0.3, -0.25) is 0 Å². The predicted octanol–water partition coefficient (Wildman–Crippen LogP) is 2.70. The van der Waals surface area contributed by atoms with Crippen molar-refractivity contribution in [2.45, 2.75) is 26.4 Å². The van der Waals surface area contributed by atoms with Crippen molar-refractivity contribution in [3.05, 3.63) is 35.4 Å². The number of aromatic hydroxyl groups is 1. The van der Waals surface area contributed by atoms with Crippen LogP contribution in [0.4, 0.5) is 0 Å². The summed E-state index contributed by atoms with van der Waals surface area (Å²) in [6.07, 6.45) is 6.10. The number of allylic oxidation sites excluding steroid dienone is 1. The molecule has 0 aromatic heterocycles. The van der Waals surface area contributed by atoms with Gasteiger partial charge in [0.05, 0.1) is 6.61 Å². The molecule has 0 heterocycles. The Labute approximate surface area is 84.5 Å². The Hall–Kier alpha value is -1.28.